The van der Waals surface area contributed by atoms with Crippen molar-refractivity contribution in [2.45, 2.75) is 51.9 Å². The molecule has 2 nitrogen and oxygen atoms in total. The largest absolute Gasteiger partial charge is 0.313 e. The zero-order chi connectivity index (χ0) is 44.0. The van der Waals surface area contributed by atoms with Gasteiger partial charge in [-0.15, -0.1) is 0 Å². The van der Waals surface area contributed by atoms with Gasteiger partial charge >= 0.3 is 0 Å². The Hall–Kier alpha value is -7.68. The molecule has 66 heavy (non-hydrogen) atoms. The van der Waals surface area contributed by atoms with Crippen LogP contribution in [0.3, 0.4) is 0 Å². The van der Waals surface area contributed by atoms with Crippen LogP contribution in [0.1, 0.15) is 63.0 Å². The van der Waals surface area contributed by atoms with Crippen molar-refractivity contribution < 1.29 is 0 Å². The molecule has 8 aromatic carbocycles. The molecule has 0 bridgehead atoms. The molecule has 0 amide bonds. The Bertz CT molecular complexity index is 3600. The number of fused-ring (bicyclic) bond motifs is 6. The van der Waals surface area contributed by atoms with Crippen molar-refractivity contribution in [3.63, 3.8) is 0 Å². The lowest BCUT2D eigenvalue weighted by atomic mass is 9.84. The van der Waals surface area contributed by atoms with Gasteiger partial charge in [0, 0.05) is 32.9 Å². The fourth-order valence-corrected chi connectivity index (χ4v) is 11.0. The number of aromatic nitrogens is 2. The number of allylic oxidation sites excluding steroid dienone is 8. The van der Waals surface area contributed by atoms with Crippen LogP contribution >= 0.6 is 0 Å². The lowest BCUT2D eigenvalue weighted by molar-refractivity contribution is 0.753. The van der Waals surface area contributed by atoms with Gasteiger partial charge in [-0.05, 0) is 149 Å². The summed E-state index contributed by atoms with van der Waals surface area (Å²) in [7, 11) is 0. The Morgan fingerprint density at radius 3 is 1.62 bits per heavy atom. The van der Waals surface area contributed by atoms with Gasteiger partial charge in [-0.3, -0.25) is 0 Å². The van der Waals surface area contributed by atoms with Gasteiger partial charge < -0.3 is 9.13 Å². The van der Waals surface area contributed by atoms with E-state index in [1.54, 1.807) is 5.57 Å². The first kappa shape index (κ1) is 39.9. The monoisotopic (exact) mass is 848 g/mol. The Labute approximate surface area is 387 Å². The maximum atomic E-state index is 2.52. The average molecular weight is 849 g/mol. The van der Waals surface area contributed by atoms with E-state index in [0.29, 0.717) is 0 Å². The fraction of sp³-hybridized carbons (Fsp3) is 0.125. The second-order valence-corrected chi connectivity index (χ2v) is 18.1. The van der Waals surface area contributed by atoms with Crippen molar-refractivity contribution in [2.75, 3.05) is 0 Å². The summed E-state index contributed by atoms with van der Waals surface area (Å²) in [6.45, 7) is 2.30. The number of benzene rings is 8. The molecule has 2 aliphatic carbocycles. The number of nitrogens with zero attached hydrogens (tertiary/aromatic N) is 2. The van der Waals surface area contributed by atoms with E-state index in [2.05, 4.69) is 228 Å². The van der Waals surface area contributed by atoms with E-state index in [1.165, 1.54) is 131 Å². The highest BCUT2D eigenvalue weighted by Gasteiger charge is 2.21. The molecule has 0 unspecified atom stereocenters. The average Bonchev–Trinajstić information content (AvgIpc) is 3.91. The molecule has 0 saturated heterocycles. The van der Waals surface area contributed by atoms with Gasteiger partial charge in [-0.2, -0.15) is 0 Å². The minimum absolute atomic E-state index is 0.984. The van der Waals surface area contributed by atoms with Crippen LogP contribution in [-0.4, -0.2) is 9.13 Å². The van der Waals surface area contributed by atoms with Gasteiger partial charge in [0.25, 0.3) is 0 Å². The number of hydrogen-bond acceptors (Lipinski definition) is 0. The first-order chi connectivity index (χ1) is 32.7. The van der Waals surface area contributed by atoms with Gasteiger partial charge in [0.2, 0.25) is 0 Å². The fourth-order valence-electron chi connectivity index (χ4n) is 11.0. The third-order valence-corrected chi connectivity index (χ3v) is 14.2. The Morgan fingerprint density at radius 1 is 0.424 bits per heavy atom. The lowest BCUT2D eigenvalue weighted by Crippen LogP contribution is -2.03. The summed E-state index contributed by atoms with van der Waals surface area (Å²) in [5.74, 6) is 0. The molecular formula is C64H52N2. The molecule has 10 aromatic rings. The SMILES string of the molecule is CCCCC1=C(c2ccccc2C2=CC=C(n3c4ccccc4c4cc(-c5ccc6c(c5)c5ccccc5n6-c5ccc(-c6ccccc6-c6ccccc6)cc5)ccc43)CC2)C=CCC1. The number of para-hydroxylation sites is 2. The van der Waals surface area contributed by atoms with Gasteiger partial charge in [0.15, 0.2) is 0 Å². The highest BCUT2D eigenvalue weighted by molar-refractivity contribution is 6.13. The summed E-state index contributed by atoms with van der Waals surface area (Å²) in [6, 6.07) is 69.5. The molecule has 2 aliphatic rings. The summed E-state index contributed by atoms with van der Waals surface area (Å²) >= 11 is 0. The summed E-state index contributed by atoms with van der Waals surface area (Å²) in [4.78, 5) is 0. The predicted molar refractivity (Wildman–Crippen MR) is 283 cm³/mol. The standard InChI is InChI=1S/C64H52N2/c1-2-3-17-44-20-7-8-23-54(44)56-25-12-11-24-55(56)47-32-38-51(39-33-47)66-62-29-16-14-27-58(62)60-43-49(35-41-64(60)66)48-34-40-63-59(42-48)57-26-13-15-28-61(57)65(63)50-36-30-46(31-37-50)53-22-10-9-21-52(53)45-18-5-4-6-19-45/h4-6,8-16,18-19,21-32,34-38,40-43H,2-3,7,17,20,33,39H2,1H3. The van der Waals surface area contributed by atoms with Crippen molar-refractivity contribution in [1.82, 2.24) is 9.13 Å². The molecule has 0 aliphatic heterocycles. The van der Waals surface area contributed by atoms with Crippen LogP contribution in [0.15, 0.2) is 218 Å². The molecule has 318 valence electrons. The molecule has 2 heteroatoms. The normalized spacial score (nSPS) is 14.1. The number of rotatable bonds is 10. The van der Waals surface area contributed by atoms with Crippen LogP contribution < -0.4 is 0 Å². The van der Waals surface area contributed by atoms with E-state index in [4.69, 9.17) is 0 Å². The van der Waals surface area contributed by atoms with Crippen LogP contribution in [0.2, 0.25) is 0 Å². The molecule has 0 atom stereocenters. The van der Waals surface area contributed by atoms with Gasteiger partial charge in [-0.1, -0.05) is 177 Å². The smallest absolute Gasteiger partial charge is 0.0541 e. The summed E-state index contributed by atoms with van der Waals surface area (Å²) in [5.41, 5.74) is 22.1. The van der Waals surface area contributed by atoms with E-state index in [-0.39, 0.29) is 0 Å². The molecule has 2 aromatic heterocycles. The van der Waals surface area contributed by atoms with E-state index in [0.717, 1.165) is 24.9 Å². The first-order valence-electron chi connectivity index (χ1n) is 23.9. The maximum absolute atomic E-state index is 2.52. The van der Waals surface area contributed by atoms with Crippen LogP contribution in [0.4, 0.5) is 0 Å². The van der Waals surface area contributed by atoms with Crippen molar-refractivity contribution in [3.05, 3.63) is 229 Å². The van der Waals surface area contributed by atoms with Gasteiger partial charge in [-0.25, -0.2) is 0 Å². The second-order valence-electron chi connectivity index (χ2n) is 18.1. The number of unbranched alkanes of at least 4 members (excludes halogenated alkanes) is 1. The van der Waals surface area contributed by atoms with Crippen molar-refractivity contribution >= 4 is 60.5 Å². The molecule has 0 N–H and O–H groups in total. The van der Waals surface area contributed by atoms with E-state index >= 15 is 0 Å². The predicted octanol–water partition coefficient (Wildman–Crippen LogP) is 17.9. The zero-order valence-corrected chi connectivity index (χ0v) is 37.6. The lowest BCUT2D eigenvalue weighted by Gasteiger charge is -2.22. The highest BCUT2D eigenvalue weighted by Crippen LogP contribution is 2.42. The topological polar surface area (TPSA) is 9.86 Å². The van der Waals surface area contributed by atoms with Crippen LogP contribution in [0.5, 0.6) is 0 Å². The second kappa shape index (κ2) is 17.0. The third kappa shape index (κ3) is 6.96. The molecular weight excluding hydrogens is 797 g/mol. The first-order valence-corrected chi connectivity index (χ1v) is 23.9. The van der Waals surface area contributed by atoms with E-state index in [9.17, 15) is 0 Å². The molecule has 0 saturated carbocycles. The minimum Gasteiger partial charge on any atom is -0.313 e. The third-order valence-electron chi connectivity index (χ3n) is 14.2. The van der Waals surface area contributed by atoms with Crippen molar-refractivity contribution in [3.8, 4) is 39.1 Å². The van der Waals surface area contributed by atoms with Gasteiger partial charge in [0.1, 0.15) is 0 Å². The Morgan fingerprint density at radius 2 is 0.970 bits per heavy atom. The van der Waals surface area contributed by atoms with Crippen LogP contribution in [0.25, 0.3) is 99.5 Å². The Balaban J connectivity index is 0.899. The Kier molecular flexibility index (Phi) is 10.3. The molecule has 12 rings (SSSR count). The van der Waals surface area contributed by atoms with Crippen LogP contribution in [-0.2, 0) is 0 Å². The van der Waals surface area contributed by atoms with E-state index in [1.807, 2.05) is 0 Å². The van der Waals surface area contributed by atoms with Crippen LogP contribution in [0, 0.1) is 0 Å². The molecule has 2 heterocycles. The van der Waals surface area contributed by atoms with E-state index < -0.39 is 0 Å². The van der Waals surface area contributed by atoms with Crippen molar-refractivity contribution in [1.29, 1.82) is 0 Å². The zero-order valence-electron chi connectivity index (χ0n) is 37.6. The molecule has 0 fully saturated rings. The summed E-state index contributed by atoms with van der Waals surface area (Å²) in [5, 5.41) is 5.09. The quantitative estimate of drug-likeness (QED) is 0.130. The minimum atomic E-state index is 0.984. The van der Waals surface area contributed by atoms with Crippen molar-refractivity contribution in [2.24, 2.45) is 0 Å². The molecule has 0 spiro atoms. The molecule has 0 radical (unpaired) electrons. The summed E-state index contributed by atoms with van der Waals surface area (Å²) < 4.78 is 4.94. The summed E-state index contributed by atoms with van der Waals surface area (Å²) in [6.07, 6.45) is 17.6. The maximum Gasteiger partial charge on any atom is 0.0541 e. The highest BCUT2D eigenvalue weighted by atomic mass is 15.0. The number of hydrogen-bond donors (Lipinski definition) is 0. The van der Waals surface area contributed by atoms with Gasteiger partial charge in [0.05, 0.1) is 22.1 Å².